The van der Waals surface area contributed by atoms with Crippen LogP contribution in [0.1, 0.15) is 97.7 Å². The van der Waals surface area contributed by atoms with E-state index in [1.165, 1.54) is 16.2 Å². The number of esters is 2. The maximum absolute atomic E-state index is 13.4. The van der Waals surface area contributed by atoms with Crippen molar-refractivity contribution in [1.29, 1.82) is 0 Å². The van der Waals surface area contributed by atoms with E-state index in [9.17, 15) is 29.4 Å². The van der Waals surface area contributed by atoms with Crippen molar-refractivity contribution in [2.24, 2.45) is 17.3 Å². The summed E-state index contributed by atoms with van der Waals surface area (Å²) in [6, 6.07) is -0.739. The van der Waals surface area contributed by atoms with Crippen molar-refractivity contribution < 1.29 is 43.6 Å². The second-order valence-electron chi connectivity index (χ2n) is 14.2. The Hall–Kier alpha value is -1.62. The van der Waals surface area contributed by atoms with Crippen LogP contribution >= 0.6 is 42.8 Å². The molecule has 3 heterocycles. The highest BCUT2D eigenvalue weighted by atomic mass is 33.5. The Balaban J connectivity index is 1.69. The first kappa shape index (κ1) is 42.8. The minimum Gasteiger partial charge on any atom is -0.458 e. The second kappa shape index (κ2) is 18.9. The molecular weight excluding hydrogens is 721 g/mol. The molecule has 2 aliphatic rings. The average Bonchev–Trinajstić information content (AvgIpc) is 3.48. The molecule has 2 fully saturated rings. The lowest BCUT2D eigenvalue weighted by Gasteiger charge is -2.34. The van der Waals surface area contributed by atoms with Gasteiger partial charge < -0.3 is 29.3 Å². The maximum Gasteiger partial charge on any atom is 0.328 e. The Kier molecular flexibility index (Phi) is 16.2. The lowest BCUT2D eigenvalue weighted by molar-refractivity contribution is -0.155. The molecule has 2 N–H and O–H groups in total. The number of amides is 1. The molecule has 1 aromatic heterocycles. The fourth-order valence-corrected chi connectivity index (χ4v) is 9.40. The molecule has 1 unspecified atom stereocenters. The summed E-state index contributed by atoms with van der Waals surface area (Å²) in [5, 5.41) is 24.4. The molecule has 0 radical (unpaired) electrons. The van der Waals surface area contributed by atoms with Crippen LogP contribution in [0.15, 0.2) is 11.0 Å². The van der Waals surface area contributed by atoms with E-state index in [2.05, 4.69) is 4.98 Å². The minimum absolute atomic E-state index is 0.0453. The number of aromatic nitrogens is 1. The monoisotopic (exact) mass is 774 g/mol. The number of hydrogen-bond donors (Lipinski definition) is 2. The number of carbonyl (C=O) groups excluding carboxylic acids is 4. The number of carbonyl (C=O) groups is 4. The number of thiazole rings is 1. The Bertz CT molecular complexity index is 1370. The number of hydrogen-bond acceptors (Lipinski definition) is 14. The second-order valence-corrected chi connectivity index (χ2v) is 19.6. The smallest absolute Gasteiger partial charge is 0.328 e. The van der Waals surface area contributed by atoms with Crippen LogP contribution in [-0.2, 0) is 40.0 Å². The fourth-order valence-electron chi connectivity index (χ4n) is 6.09. The molecule has 2 aliphatic heterocycles. The van der Waals surface area contributed by atoms with Gasteiger partial charge in [-0.05, 0) is 67.3 Å². The first-order valence-electron chi connectivity index (χ1n) is 17.1. The average molecular weight is 775 g/mol. The number of Topliss-reactive ketones (excluding diaryl/α,β-unsaturated/α-hetero) is 1. The lowest BCUT2D eigenvalue weighted by atomic mass is 9.73. The molecule has 0 spiro atoms. The molecular formula is C35H54N2O9S4. The van der Waals surface area contributed by atoms with Gasteiger partial charge in [-0.25, -0.2) is 9.78 Å². The number of rotatable bonds is 11. The largest absolute Gasteiger partial charge is 0.458 e. The van der Waals surface area contributed by atoms with E-state index in [0.717, 1.165) is 24.8 Å². The van der Waals surface area contributed by atoms with Gasteiger partial charge in [0.15, 0.2) is 0 Å². The Morgan fingerprint density at radius 2 is 1.94 bits per heavy atom. The highest BCUT2D eigenvalue weighted by Gasteiger charge is 2.53. The lowest BCUT2D eigenvalue weighted by Crippen LogP contribution is -2.45. The molecule has 15 heteroatoms. The topological polar surface area (TPSA) is 156 Å². The molecule has 3 rings (SSSR count). The summed E-state index contributed by atoms with van der Waals surface area (Å²) in [7, 11) is 6.43. The third-order valence-electron chi connectivity index (χ3n) is 10.0. The predicted molar refractivity (Wildman–Crippen MR) is 201 cm³/mol. The number of likely N-dealkylation sites (N-methyl/N-ethyl adjacent to an activating group) is 1. The van der Waals surface area contributed by atoms with E-state index in [1.807, 2.05) is 38.5 Å². The van der Waals surface area contributed by atoms with Gasteiger partial charge in [0.05, 0.1) is 41.4 Å². The third-order valence-corrected chi connectivity index (χ3v) is 14.8. The summed E-state index contributed by atoms with van der Waals surface area (Å²) in [6.45, 7) is 12.3. The quantitative estimate of drug-likeness (QED) is 0.115. The van der Waals surface area contributed by atoms with Gasteiger partial charge in [0, 0.05) is 36.9 Å². The summed E-state index contributed by atoms with van der Waals surface area (Å²) in [5.41, 5.74) is -0.334. The number of fused-ring (bicyclic) bond motifs is 1. The SMILES string of the molecule is CSSSCCC(=O)N(C)C(C)C(=O)OCc1nc(C=C(C)[C@@H]2C[C@@H]3O[C@]3(C)CCC[C@H](C)[C@H](O)[C@@H](C)C(=O)C(C)(C)[C@@H](O)CC(=O)O2)cs1. The van der Waals surface area contributed by atoms with Crippen LogP contribution in [0.3, 0.4) is 0 Å². The first-order valence-corrected chi connectivity index (χ1v) is 22.0. The molecule has 0 aromatic carbocycles. The van der Waals surface area contributed by atoms with E-state index in [-0.39, 0.29) is 36.7 Å². The summed E-state index contributed by atoms with van der Waals surface area (Å²) >= 11 is 1.32. The van der Waals surface area contributed by atoms with Gasteiger partial charge in [-0.2, -0.15) is 0 Å². The van der Waals surface area contributed by atoms with E-state index >= 15 is 0 Å². The molecule has 0 bridgehead atoms. The highest BCUT2D eigenvalue weighted by molar-refractivity contribution is 9.09. The molecule has 50 heavy (non-hydrogen) atoms. The van der Waals surface area contributed by atoms with Crippen LogP contribution in [0.4, 0.5) is 0 Å². The number of ether oxygens (including phenoxy) is 3. The van der Waals surface area contributed by atoms with Crippen molar-refractivity contribution in [1.82, 2.24) is 9.88 Å². The van der Waals surface area contributed by atoms with Gasteiger partial charge in [-0.15, -0.1) is 11.3 Å². The first-order chi connectivity index (χ1) is 23.4. The standard InChI is InChI=1S/C35H54N2O9S4/c1-20-11-10-13-35(7)27(46-35)16-25(45-30(40)17-26(38)34(5,6)32(42)22(3)31(20)41)21(2)15-24-19-48-28(36-24)18-44-33(43)23(4)37(8)29(39)12-14-49-50-47-9/h15,19-20,22-23,25-27,31,38,41H,10-14,16-18H2,1-9H3/t20-,22+,23?,25-,26-,27-,31-,35+/m0/s1. The zero-order chi connectivity index (χ0) is 37.4. The molecule has 1 aromatic rings. The zero-order valence-electron chi connectivity index (χ0n) is 30.6. The van der Waals surface area contributed by atoms with Crippen molar-refractivity contribution in [2.75, 3.05) is 19.1 Å². The van der Waals surface area contributed by atoms with Crippen LogP contribution in [-0.4, -0.2) is 98.8 Å². The van der Waals surface area contributed by atoms with E-state index in [1.54, 1.807) is 66.2 Å². The van der Waals surface area contributed by atoms with Crippen molar-refractivity contribution in [3.63, 3.8) is 0 Å². The molecule has 11 nitrogen and oxygen atoms in total. The number of ketones is 1. The minimum atomic E-state index is -1.31. The number of aliphatic hydroxyl groups excluding tert-OH is 2. The summed E-state index contributed by atoms with van der Waals surface area (Å²) in [4.78, 5) is 57.8. The number of cyclic esters (lactones) is 1. The number of epoxide rings is 1. The predicted octanol–water partition coefficient (Wildman–Crippen LogP) is 6.11. The molecule has 1 amide bonds. The number of aliphatic hydroxyl groups is 2. The molecule has 0 aliphatic carbocycles. The van der Waals surface area contributed by atoms with Crippen LogP contribution < -0.4 is 0 Å². The molecule has 282 valence electrons. The van der Waals surface area contributed by atoms with Crippen LogP contribution in [0.25, 0.3) is 6.08 Å². The van der Waals surface area contributed by atoms with Gasteiger partial charge in [0.1, 0.15) is 29.5 Å². The third kappa shape index (κ3) is 11.7. The fraction of sp³-hybridized carbons (Fsp3) is 0.743. The summed E-state index contributed by atoms with van der Waals surface area (Å²) in [6.07, 6.45) is 3.44. The van der Waals surface area contributed by atoms with Crippen LogP contribution in [0, 0.1) is 17.3 Å². The number of nitrogens with zero attached hydrogens (tertiary/aromatic N) is 2. The van der Waals surface area contributed by atoms with E-state index in [4.69, 9.17) is 14.2 Å². The van der Waals surface area contributed by atoms with Crippen molar-refractivity contribution in [3.05, 3.63) is 21.7 Å². The molecule has 2 saturated heterocycles. The summed E-state index contributed by atoms with van der Waals surface area (Å²) < 4.78 is 17.5. The van der Waals surface area contributed by atoms with E-state index in [0.29, 0.717) is 29.3 Å². The Labute approximate surface area is 312 Å². The van der Waals surface area contributed by atoms with Gasteiger partial charge >= 0.3 is 11.9 Å². The molecule has 0 saturated carbocycles. The Morgan fingerprint density at radius 1 is 1.24 bits per heavy atom. The van der Waals surface area contributed by atoms with E-state index < -0.39 is 53.2 Å². The van der Waals surface area contributed by atoms with Gasteiger partial charge in [-0.3, -0.25) is 14.4 Å². The van der Waals surface area contributed by atoms with Crippen molar-refractivity contribution in [3.8, 4) is 0 Å². The van der Waals surface area contributed by atoms with Gasteiger partial charge in [0.25, 0.3) is 0 Å². The van der Waals surface area contributed by atoms with Crippen molar-refractivity contribution >= 4 is 72.5 Å². The normalized spacial score (nSPS) is 30.2. The molecule has 8 atom stereocenters. The van der Waals surface area contributed by atoms with Gasteiger partial charge in [0.2, 0.25) is 5.91 Å². The van der Waals surface area contributed by atoms with Gasteiger partial charge in [-0.1, -0.05) is 55.7 Å². The van der Waals surface area contributed by atoms with Crippen LogP contribution in [0.5, 0.6) is 0 Å². The van der Waals surface area contributed by atoms with Crippen LogP contribution in [0.2, 0.25) is 0 Å². The Morgan fingerprint density at radius 3 is 2.62 bits per heavy atom. The zero-order valence-corrected chi connectivity index (χ0v) is 33.9. The van der Waals surface area contributed by atoms with Crippen molar-refractivity contribution in [2.45, 2.75) is 130 Å². The highest BCUT2D eigenvalue weighted by Crippen LogP contribution is 2.45. The maximum atomic E-state index is 13.4. The summed E-state index contributed by atoms with van der Waals surface area (Å²) in [5.74, 6) is -1.77.